The van der Waals surface area contributed by atoms with Crippen molar-refractivity contribution in [1.29, 1.82) is 0 Å². The van der Waals surface area contributed by atoms with Gasteiger partial charge in [-0.05, 0) is 31.0 Å². The molecule has 7 heteroatoms. The Morgan fingerprint density at radius 2 is 2.06 bits per heavy atom. The molecule has 0 aliphatic heterocycles. The average molecular weight is 324 g/mol. The number of rotatable bonds is 3. The number of hydrogen-bond donors (Lipinski definition) is 2. The quantitative estimate of drug-likeness (QED) is 0.883. The molecule has 1 saturated carbocycles. The Labute approximate surface area is 107 Å². The SMILES string of the molecule is O=S(=O)(NC1CC(O)C1)c1ccc(Br)cc1F. The van der Waals surface area contributed by atoms with E-state index in [-0.39, 0.29) is 10.9 Å². The third-order valence-corrected chi connectivity index (χ3v) is 4.67. The van der Waals surface area contributed by atoms with Gasteiger partial charge in [0, 0.05) is 10.5 Å². The van der Waals surface area contributed by atoms with Crippen molar-refractivity contribution in [3.05, 3.63) is 28.5 Å². The molecule has 1 aromatic carbocycles. The van der Waals surface area contributed by atoms with Crippen molar-refractivity contribution in [3.63, 3.8) is 0 Å². The average Bonchev–Trinajstić information content (AvgIpc) is 2.14. The number of halogens is 2. The van der Waals surface area contributed by atoms with Gasteiger partial charge in [0.15, 0.2) is 0 Å². The second-order valence-electron chi connectivity index (χ2n) is 4.02. The van der Waals surface area contributed by atoms with Crippen LogP contribution in [0.1, 0.15) is 12.8 Å². The van der Waals surface area contributed by atoms with Crippen LogP contribution < -0.4 is 4.72 Å². The van der Waals surface area contributed by atoms with E-state index in [1.807, 2.05) is 0 Å². The van der Waals surface area contributed by atoms with Gasteiger partial charge in [-0.1, -0.05) is 15.9 Å². The molecule has 0 saturated heterocycles. The molecule has 1 fully saturated rings. The molecule has 4 nitrogen and oxygen atoms in total. The first-order valence-corrected chi connectivity index (χ1v) is 7.31. The van der Waals surface area contributed by atoms with E-state index in [9.17, 15) is 12.8 Å². The molecule has 0 aromatic heterocycles. The van der Waals surface area contributed by atoms with Crippen molar-refractivity contribution in [2.45, 2.75) is 29.9 Å². The van der Waals surface area contributed by atoms with Gasteiger partial charge in [-0.3, -0.25) is 0 Å². The first kappa shape index (κ1) is 12.9. The highest BCUT2D eigenvalue weighted by molar-refractivity contribution is 9.10. The molecular weight excluding hydrogens is 313 g/mol. The number of aliphatic hydroxyl groups excluding tert-OH is 1. The van der Waals surface area contributed by atoms with Gasteiger partial charge in [0.1, 0.15) is 10.7 Å². The van der Waals surface area contributed by atoms with Crippen molar-refractivity contribution >= 4 is 26.0 Å². The highest BCUT2D eigenvalue weighted by Gasteiger charge is 2.32. The summed E-state index contributed by atoms with van der Waals surface area (Å²) in [6, 6.07) is 3.46. The van der Waals surface area contributed by atoms with Crippen molar-refractivity contribution in [1.82, 2.24) is 4.72 Å². The molecule has 0 spiro atoms. The van der Waals surface area contributed by atoms with Crippen LogP contribution in [0.25, 0.3) is 0 Å². The van der Waals surface area contributed by atoms with Crippen LogP contribution in [0, 0.1) is 5.82 Å². The highest BCUT2D eigenvalue weighted by Crippen LogP contribution is 2.24. The summed E-state index contributed by atoms with van der Waals surface area (Å²) >= 11 is 3.06. The highest BCUT2D eigenvalue weighted by atomic mass is 79.9. The van der Waals surface area contributed by atoms with Crippen molar-refractivity contribution in [2.24, 2.45) is 0 Å². The lowest BCUT2D eigenvalue weighted by atomic mass is 9.91. The van der Waals surface area contributed by atoms with Crippen LogP contribution in [-0.2, 0) is 10.0 Å². The molecule has 0 unspecified atom stereocenters. The Morgan fingerprint density at radius 3 is 2.59 bits per heavy atom. The summed E-state index contributed by atoms with van der Waals surface area (Å²) in [4.78, 5) is -0.373. The second kappa shape index (κ2) is 4.64. The standard InChI is InChI=1S/C10H11BrFNO3S/c11-6-1-2-10(9(12)3-6)17(15,16)13-7-4-8(14)5-7/h1-3,7-8,13-14H,4-5H2. The van der Waals surface area contributed by atoms with Crippen LogP contribution >= 0.6 is 15.9 Å². The van der Waals surface area contributed by atoms with E-state index in [0.717, 1.165) is 6.07 Å². The van der Waals surface area contributed by atoms with Crippen molar-refractivity contribution in [2.75, 3.05) is 0 Å². The minimum absolute atomic E-state index is 0.307. The van der Waals surface area contributed by atoms with Crippen molar-refractivity contribution in [3.8, 4) is 0 Å². The smallest absolute Gasteiger partial charge is 0.243 e. The number of hydrogen-bond acceptors (Lipinski definition) is 3. The second-order valence-corrected chi connectivity index (χ2v) is 6.62. The lowest BCUT2D eigenvalue weighted by Gasteiger charge is -2.31. The molecule has 17 heavy (non-hydrogen) atoms. The maximum absolute atomic E-state index is 13.5. The number of sulfonamides is 1. The van der Waals surface area contributed by atoms with E-state index in [1.165, 1.54) is 12.1 Å². The number of benzene rings is 1. The summed E-state index contributed by atoms with van der Waals surface area (Å²) in [6.07, 6.45) is 0.284. The van der Waals surface area contributed by atoms with Crippen LogP contribution in [-0.4, -0.2) is 25.7 Å². The first-order chi connectivity index (χ1) is 7.88. The molecular formula is C10H11BrFNO3S. The summed E-state index contributed by atoms with van der Waals surface area (Å²) in [5.41, 5.74) is 0. The fourth-order valence-electron chi connectivity index (χ4n) is 1.66. The predicted octanol–water partition coefficient (Wildman–Crippen LogP) is 1.39. The predicted molar refractivity (Wildman–Crippen MR) is 63.5 cm³/mol. The molecule has 0 amide bonds. The lowest BCUT2D eigenvalue weighted by molar-refractivity contribution is 0.0712. The molecule has 1 aromatic rings. The van der Waals surface area contributed by atoms with Crippen LogP contribution in [0.4, 0.5) is 4.39 Å². The molecule has 1 aliphatic rings. The van der Waals surface area contributed by atoms with Crippen LogP contribution in [0.5, 0.6) is 0 Å². The zero-order chi connectivity index (χ0) is 12.6. The van der Waals surface area contributed by atoms with Gasteiger partial charge in [0.2, 0.25) is 10.0 Å². The number of nitrogens with one attached hydrogen (secondary N) is 1. The maximum Gasteiger partial charge on any atom is 0.243 e. The Kier molecular flexibility index (Phi) is 3.53. The maximum atomic E-state index is 13.5. The van der Waals surface area contributed by atoms with Crippen molar-refractivity contribution < 1.29 is 17.9 Å². The van der Waals surface area contributed by atoms with E-state index in [0.29, 0.717) is 17.3 Å². The normalized spacial score (nSPS) is 24.4. The molecule has 0 atom stereocenters. The Hall–Kier alpha value is -0.500. The summed E-state index contributed by atoms with van der Waals surface area (Å²) in [5.74, 6) is -0.799. The molecule has 0 radical (unpaired) electrons. The molecule has 94 valence electrons. The zero-order valence-corrected chi connectivity index (χ0v) is 11.1. The first-order valence-electron chi connectivity index (χ1n) is 5.04. The third-order valence-electron chi connectivity index (χ3n) is 2.62. The Morgan fingerprint density at radius 1 is 1.41 bits per heavy atom. The number of aliphatic hydroxyl groups is 1. The zero-order valence-electron chi connectivity index (χ0n) is 8.73. The van der Waals surface area contributed by atoms with Crippen LogP contribution in [0.2, 0.25) is 0 Å². The van der Waals surface area contributed by atoms with Crippen LogP contribution in [0.15, 0.2) is 27.6 Å². The summed E-state index contributed by atoms with van der Waals surface area (Å²) < 4.78 is 40.0. The monoisotopic (exact) mass is 323 g/mol. The molecule has 0 heterocycles. The fourth-order valence-corrected chi connectivity index (χ4v) is 3.31. The molecule has 0 bridgehead atoms. The summed E-state index contributed by atoms with van der Waals surface area (Å²) in [7, 11) is -3.85. The van der Waals surface area contributed by atoms with Gasteiger partial charge in [-0.15, -0.1) is 0 Å². The van der Waals surface area contributed by atoms with E-state index in [4.69, 9.17) is 5.11 Å². The van der Waals surface area contributed by atoms with Gasteiger partial charge in [0.25, 0.3) is 0 Å². The summed E-state index contributed by atoms with van der Waals surface area (Å²) in [6.45, 7) is 0. The Bertz CT molecular complexity index is 528. The Balaban J connectivity index is 2.20. The van der Waals surface area contributed by atoms with Gasteiger partial charge >= 0.3 is 0 Å². The fraction of sp³-hybridized carbons (Fsp3) is 0.400. The lowest BCUT2D eigenvalue weighted by Crippen LogP contribution is -2.46. The minimum Gasteiger partial charge on any atom is -0.393 e. The van der Waals surface area contributed by atoms with Crippen LogP contribution in [0.3, 0.4) is 0 Å². The molecule has 1 aliphatic carbocycles. The van der Waals surface area contributed by atoms with Gasteiger partial charge in [-0.2, -0.15) is 0 Å². The minimum atomic E-state index is -3.85. The van der Waals surface area contributed by atoms with Gasteiger partial charge in [-0.25, -0.2) is 17.5 Å². The molecule has 2 N–H and O–H groups in total. The largest absolute Gasteiger partial charge is 0.393 e. The third kappa shape index (κ3) is 2.85. The van der Waals surface area contributed by atoms with E-state index >= 15 is 0 Å². The van der Waals surface area contributed by atoms with E-state index in [1.54, 1.807) is 0 Å². The topological polar surface area (TPSA) is 66.4 Å². The summed E-state index contributed by atoms with van der Waals surface area (Å²) in [5, 5.41) is 9.06. The van der Waals surface area contributed by atoms with Gasteiger partial charge in [0.05, 0.1) is 6.10 Å². The molecule has 2 rings (SSSR count). The van der Waals surface area contributed by atoms with E-state index < -0.39 is 21.9 Å². The van der Waals surface area contributed by atoms with Gasteiger partial charge < -0.3 is 5.11 Å². The van der Waals surface area contributed by atoms with E-state index in [2.05, 4.69) is 20.7 Å².